The minimum atomic E-state index is 0.570. The summed E-state index contributed by atoms with van der Waals surface area (Å²) in [6, 6.07) is 2.01. The first kappa shape index (κ1) is 11.5. The minimum Gasteiger partial charge on any atom is -0.383 e. The summed E-state index contributed by atoms with van der Waals surface area (Å²) in [7, 11) is 0. The number of hydrogen-bond donors (Lipinski definition) is 2. The quantitative estimate of drug-likeness (QED) is 0.857. The Labute approximate surface area is 106 Å². The standard InChI is InChI=1S/C13H19N5/c14-12-11-4-8-18(13(11)17-9-16-12)7-3-10-1-5-15-6-2-10/h4,8-10,15H,1-3,5-7H2,(H2,14,16,17). The van der Waals surface area contributed by atoms with E-state index in [2.05, 4.69) is 26.0 Å². The maximum absolute atomic E-state index is 5.84. The SMILES string of the molecule is Nc1ncnc2c1ccn2CCC1CCNCC1. The predicted octanol–water partition coefficient (Wildman–Crippen LogP) is 1.40. The summed E-state index contributed by atoms with van der Waals surface area (Å²) in [4.78, 5) is 8.34. The van der Waals surface area contributed by atoms with Gasteiger partial charge >= 0.3 is 0 Å². The van der Waals surface area contributed by atoms with Gasteiger partial charge in [0.1, 0.15) is 17.8 Å². The summed E-state index contributed by atoms with van der Waals surface area (Å²) in [5.41, 5.74) is 6.79. The molecular formula is C13H19N5. The summed E-state index contributed by atoms with van der Waals surface area (Å²) in [6.45, 7) is 3.34. The van der Waals surface area contributed by atoms with Crippen LogP contribution < -0.4 is 11.1 Å². The predicted molar refractivity (Wildman–Crippen MR) is 72.2 cm³/mol. The van der Waals surface area contributed by atoms with E-state index in [4.69, 9.17) is 5.73 Å². The van der Waals surface area contributed by atoms with Gasteiger partial charge in [0.05, 0.1) is 5.39 Å². The Morgan fingerprint density at radius 1 is 1.33 bits per heavy atom. The zero-order chi connectivity index (χ0) is 12.4. The monoisotopic (exact) mass is 245 g/mol. The van der Waals surface area contributed by atoms with E-state index in [0.717, 1.165) is 36.6 Å². The normalized spacial score (nSPS) is 17.3. The van der Waals surface area contributed by atoms with Crippen molar-refractivity contribution in [3.8, 4) is 0 Å². The van der Waals surface area contributed by atoms with Crippen molar-refractivity contribution < 1.29 is 0 Å². The number of hydrogen-bond acceptors (Lipinski definition) is 4. The fraction of sp³-hybridized carbons (Fsp3) is 0.538. The summed E-state index contributed by atoms with van der Waals surface area (Å²) >= 11 is 0. The largest absolute Gasteiger partial charge is 0.383 e. The van der Waals surface area contributed by atoms with Crippen molar-refractivity contribution in [3.63, 3.8) is 0 Å². The number of anilines is 1. The highest BCUT2D eigenvalue weighted by Crippen LogP contribution is 2.21. The molecule has 96 valence electrons. The lowest BCUT2D eigenvalue weighted by Gasteiger charge is -2.22. The lowest BCUT2D eigenvalue weighted by Crippen LogP contribution is -2.28. The van der Waals surface area contributed by atoms with Crippen LogP contribution in [-0.2, 0) is 6.54 Å². The second-order valence-corrected chi connectivity index (χ2v) is 4.99. The highest BCUT2D eigenvalue weighted by Gasteiger charge is 2.13. The van der Waals surface area contributed by atoms with Crippen molar-refractivity contribution in [1.82, 2.24) is 19.9 Å². The fourth-order valence-corrected chi connectivity index (χ4v) is 2.70. The Morgan fingerprint density at radius 2 is 2.17 bits per heavy atom. The van der Waals surface area contributed by atoms with Crippen molar-refractivity contribution >= 4 is 16.9 Å². The van der Waals surface area contributed by atoms with Gasteiger partial charge in [0.2, 0.25) is 0 Å². The van der Waals surface area contributed by atoms with Gasteiger partial charge in [0.25, 0.3) is 0 Å². The van der Waals surface area contributed by atoms with Crippen molar-refractivity contribution in [1.29, 1.82) is 0 Å². The molecule has 0 bridgehead atoms. The molecule has 18 heavy (non-hydrogen) atoms. The Hall–Kier alpha value is -1.62. The van der Waals surface area contributed by atoms with Gasteiger partial charge in [-0.05, 0) is 44.3 Å². The van der Waals surface area contributed by atoms with E-state index in [1.165, 1.54) is 19.3 Å². The molecule has 2 aromatic rings. The molecule has 5 heteroatoms. The summed E-state index contributed by atoms with van der Waals surface area (Å²) in [6.07, 6.45) is 7.40. The molecular weight excluding hydrogens is 226 g/mol. The highest BCUT2D eigenvalue weighted by molar-refractivity contribution is 5.85. The van der Waals surface area contributed by atoms with Crippen molar-refractivity contribution in [2.75, 3.05) is 18.8 Å². The number of nitrogens with zero attached hydrogens (tertiary/aromatic N) is 3. The van der Waals surface area contributed by atoms with Gasteiger partial charge < -0.3 is 15.6 Å². The second-order valence-electron chi connectivity index (χ2n) is 4.99. The number of aryl methyl sites for hydroxylation is 1. The van der Waals surface area contributed by atoms with Gasteiger partial charge in [-0.15, -0.1) is 0 Å². The molecule has 0 radical (unpaired) electrons. The van der Waals surface area contributed by atoms with Gasteiger partial charge in [-0.1, -0.05) is 0 Å². The Bertz CT molecular complexity index is 527. The lowest BCUT2D eigenvalue weighted by molar-refractivity contribution is 0.339. The number of fused-ring (bicyclic) bond motifs is 1. The molecule has 1 fully saturated rings. The molecule has 5 nitrogen and oxygen atoms in total. The van der Waals surface area contributed by atoms with Gasteiger partial charge in [0.15, 0.2) is 0 Å². The number of rotatable bonds is 3. The van der Waals surface area contributed by atoms with Crippen LogP contribution in [0, 0.1) is 5.92 Å². The van der Waals surface area contributed by atoms with E-state index in [0.29, 0.717) is 5.82 Å². The molecule has 0 saturated carbocycles. The third-order valence-corrected chi connectivity index (χ3v) is 3.82. The van der Waals surface area contributed by atoms with Crippen LogP contribution in [0.15, 0.2) is 18.6 Å². The smallest absolute Gasteiger partial charge is 0.145 e. The molecule has 0 atom stereocenters. The molecule has 1 saturated heterocycles. The Morgan fingerprint density at radius 3 is 3.00 bits per heavy atom. The highest BCUT2D eigenvalue weighted by atomic mass is 15.1. The molecule has 1 aliphatic rings. The van der Waals surface area contributed by atoms with Crippen LogP contribution >= 0.6 is 0 Å². The molecule has 1 aliphatic heterocycles. The van der Waals surface area contributed by atoms with Crippen LogP contribution in [-0.4, -0.2) is 27.6 Å². The van der Waals surface area contributed by atoms with E-state index >= 15 is 0 Å². The molecule has 0 amide bonds. The van der Waals surface area contributed by atoms with Crippen LogP contribution in [0.2, 0.25) is 0 Å². The zero-order valence-corrected chi connectivity index (χ0v) is 10.5. The van der Waals surface area contributed by atoms with Gasteiger partial charge in [-0.3, -0.25) is 0 Å². The Kier molecular flexibility index (Phi) is 3.15. The van der Waals surface area contributed by atoms with Gasteiger partial charge in [-0.25, -0.2) is 9.97 Å². The second kappa shape index (κ2) is 4.94. The molecule has 0 unspecified atom stereocenters. The maximum atomic E-state index is 5.84. The first-order chi connectivity index (χ1) is 8.84. The van der Waals surface area contributed by atoms with Crippen molar-refractivity contribution in [2.24, 2.45) is 5.92 Å². The van der Waals surface area contributed by atoms with Gasteiger partial charge in [0, 0.05) is 12.7 Å². The first-order valence-corrected chi connectivity index (χ1v) is 6.60. The minimum absolute atomic E-state index is 0.570. The number of nitrogens with two attached hydrogens (primary N) is 1. The third kappa shape index (κ3) is 2.18. The molecule has 3 rings (SSSR count). The van der Waals surface area contributed by atoms with Crippen molar-refractivity contribution in [3.05, 3.63) is 18.6 Å². The third-order valence-electron chi connectivity index (χ3n) is 3.82. The molecule has 2 aromatic heterocycles. The summed E-state index contributed by atoms with van der Waals surface area (Å²) in [5.74, 6) is 1.41. The first-order valence-electron chi connectivity index (χ1n) is 6.60. The molecule has 0 aromatic carbocycles. The maximum Gasteiger partial charge on any atom is 0.145 e. The van der Waals surface area contributed by atoms with Gasteiger partial charge in [-0.2, -0.15) is 0 Å². The summed E-state index contributed by atoms with van der Waals surface area (Å²) in [5, 5.41) is 4.36. The summed E-state index contributed by atoms with van der Waals surface area (Å²) < 4.78 is 2.19. The zero-order valence-electron chi connectivity index (χ0n) is 10.5. The van der Waals surface area contributed by atoms with Crippen molar-refractivity contribution in [2.45, 2.75) is 25.8 Å². The number of nitrogens with one attached hydrogen (secondary N) is 1. The van der Waals surface area contributed by atoms with Crippen LogP contribution in [0.1, 0.15) is 19.3 Å². The molecule has 3 heterocycles. The molecule has 3 N–H and O–H groups in total. The molecule has 0 spiro atoms. The van der Waals surface area contributed by atoms with Crippen LogP contribution in [0.25, 0.3) is 11.0 Å². The lowest BCUT2D eigenvalue weighted by atomic mass is 9.95. The van der Waals surface area contributed by atoms with E-state index in [-0.39, 0.29) is 0 Å². The van der Waals surface area contributed by atoms with E-state index in [1.807, 2.05) is 6.07 Å². The number of aromatic nitrogens is 3. The van der Waals surface area contributed by atoms with E-state index in [9.17, 15) is 0 Å². The fourth-order valence-electron chi connectivity index (χ4n) is 2.70. The number of piperidine rings is 1. The number of nitrogen functional groups attached to an aromatic ring is 1. The van der Waals surface area contributed by atoms with E-state index in [1.54, 1.807) is 6.33 Å². The van der Waals surface area contributed by atoms with Crippen LogP contribution in [0.4, 0.5) is 5.82 Å². The topological polar surface area (TPSA) is 68.8 Å². The Balaban J connectivity index is 1.72. The van der Waals surface area contributed by atoms with Crippen LogP contribution in [0.3, 0.4) is 0 Å². The average Bonchev–Trinajstić information content (AvgIpc) is 2.82. The average molecular weight is 245 g/mol. The van der Waals surface area contributed by atoms with Crippen LogP contribution in [0.5, 0.6) is 0 Å². The molecule has 0 aliphatic carbocycles. The van der Waals surface area contributed by atoms with E-state index < -0.39 is 0 Å².